The number of thioether (sulfide) groups is 1. The van der Waals surface area contributed by atoms with Crippen LogP contribution in [0.15, 0.2) is 72.8 Å². The molecular formula is C32H37NO7S. The van der Waals surface area contributed by atoms with Crippen LogP contribution in [0.4, 0.5) is 0 Å². The Labute approximate surface area is 245 Å². The van der Waals surface area contributed by atoms with E-state index in [-0.39, 0.29) is 31.3 Å². The average molecular weight is 580 g/mol. The summed E-state index contributed by atoms with van der Waals surface area (Å²) in [5.41, 5.74) is 5.73. The molecular weight excluding hydrogens is 542 g/mol. The highest BCUT2D eigenvalue weighted by atomic mass is 32.2. The molecule has 1 amide bonds. The van der Waals surface area contributed by atoms with Crippen LogP contribution in [-0.2, 0) is 37.0 Å². The minimum atomic E-state index is -0.847. The van der Waals surface area contributed by atoms with Crippen molar-refractivity contribution < 1.29 is 34.0 Å². The van der Waals surface area contributed by atoms with Crippen LogP contribution in [0.2, 0.25) is 0 Å². The first-order chi connectivity index (χ1) is 19.9. The van der Waals surface area contributed by atoms with E-state index in [4.69, 9.17) is 14.2 Å². The first-order valence-electron chi connectivity index (χ1n) is 13.7. The number of ether oxygens (including phenoxy) is 3. The SMILES string of the molecule is CC(=O)OC(C)C(=O)NCc1cccc(-c2ccc(C3OC(CSCCO)CC(c4ccc(CO)cc4)O3)cc2)c1. The second kappa shape index (κ2) is 15.1. The summed E-state index contributed by atoms with van der Waals surface area (Å²) >= 11 is 1.66. The van der Waals surface area contributed by atoms with Gasteiger partial charge in [-0.25, -0.2) is 0 Å². The highest BCUT2D eigenvalue weighted by Gasteiger charge is 2.32. The van der Waals surface area contributed by atoms with Crippen molar-refractivity contribution in [2.75, 3.05) is 18.1 Å². The zero-order chi connectivity index (χ0) is 29.2. The standard InChI is InChI=1S/C32H37NO7S/c1-21(38-22(2)36)31(37)33-18-24-4-3-5-28(16-24)25-10-12-27(13-11-25)32-39-29(20-41-15-14-34)17-30(40-32)26-8-6-23(19-35)7-9-26/h3-13,16,21,29-30,32,34-35H,14-15,17-20H2,1-2H3,(H,33,37). The normalized spacial score (nSPS) is 19.4. The van der Waals surface area contributed by atoms with E-state index in [1.54, 1.807) is 18.7 Å². The van der Waals surface area contributed by atoms with Crippen molar-refractivity contribution in [2.24, 2.45) is 0 Å². The third kappa shape index (κ3) is 8.89. The third-order valence-electron chi connectivity index (χ3n) is 6.78. The van der Waals surface area contributed by atoms with Crippen LogP contribution in [0.5, 0.6) is 0 Å². The maximum atomic E-state index is 12.2. The van der Waals surface area contributed by atoms with Crippen molar-refractivity contribution >= 4 is 23.6 Å². The van der Waals surface area contributed by atoms with Crippen molar-refractivity contribution in [1.29, 1.82) is 0 Å². The Hall–Kier alpha value is -3.21. The summed E-state index contributed by atoms with van der Waals surface area (Å²) in [6.07, 6.45) is -0.881. The van der Waals surface area contributed by atoms with E-state index in [9.17, 15) is 19.8 Å². The van der Waals surface area contributed by atoms with Gasteiger partial charge in [0.15, 0.2) is 12.4 Å². The van der Waals surface area contributed by atoms with Gasteiger partial charge in [-0.05, 0) is 40.8 Å². The number of nitrogens with one attached hydrogen (secondary N) is 1. The van der Waals surface area contributed by atoms with Gasteiger partial charge in [0.2, 0.25) is 0 Å². The van der Waals surface area contributed by atoms with Gasteiger partial charge in [-0.1, -0.05) is 66.7 Å². The molecule has 0 radical (unpaired) electrons. The van der Waals surface area contributed by atoms with Gasteiger partial charge in [-0.3, -0.25) is 9.59 Å². The first-order valence-corrected chi connectivity index (χ1v) is 14.8. The molecule has 0 aromatic heterocycles. The van der Waals surface area contributed by atoms with Crippen molar-refractivity contribution in [3.8, 4) is 11.1 Å². The summed E-state index contributed by atoms with van der Waals surface area (Å²) in [6.45, 7) is 3.26. The molecule has 8 nitrogen and oxygen atoms in total. The van der Waals surface area contributed by atoms with Crippen LogP contribution >= 0.6 is 11.8 Å². The van der Waals surface area contributed by atoms with Gasteiger partial charge >= 0.3 is 5.97 Å². The van der Waals surface area contributed by atoms with E-state index >= 15 is 0 Å². The predicted molar refractivity (Wildman–Crippen MR) is 158 cm³/mol. The van der Waals surface area contributed by atoms with E-state index in [0.29, 0.717) is 18.7 Å². The Morgan fingerprint density at radius 1 is 0.976 bits per heavy atom. The fourth-order valence-corrected chi connectivity index (χ4v) is 5.40. The van der Waals surface area contributed by atoms with E-state index in [2.05, 4.69) is 5.32 Å². The molecule has 41 heavy (non-hydrogen) atoms. The molecule has 4 atom stereocenters. The molecule has 0 aliphatic carbocycles. The second-order valence-electron chi connectivity index (χ2n) is 9.94. The highest BCUT2D eigenvalue weighted by molar-refractivity contribution is 7.99. The smallest absolute Gasteiger partial charge is 0.303 e. The molecule has 1 aliphatic heterocycles. The Bertz CT molecular complexity index is 1280. The molecule has 1 aliphatic rings. The van der Waals surface area contributed by atoms with Gasteiger partial charge in [0, 0.05) is 37.0 Å². The first kappa shape index (κ1) is 30.7. The minimum Gasteiger partial charge on any atom is -0.453 e. The number of aliphatic hydroxyl groups is 2. The monoisotopic (exact) mass is 579 g/mol. The minimum absolute atomic E-state index is 0.00283. The van der Waals surface area contributed by atoms with Crippen LogP contribution in [0.3, 0.4) is 0 Å². The van der Waals surface area contributed by atoms with Crippen molar-refractivity contribution in [1.82, 2.24) is 5.32 Å². The maximum Gasteiger partial charge on any atom is 0.303 e. The van der Waals surface area contributed by atoms with Crippen LogP contribution < -0.4 is 5.32 Å². The van der Waals surface area contributed by atoms with Crippen LogP contribution in [0.1, 0.15) is 54.9 Å². The molecule has 0 bridgehead atoms. The molecule has 1 fully saturated rings. The van der Waals surface area contributed by atoms with Crippen molar-refractivity contribution in [3.63, 3.8) is 0 Å². The zero-order valence-corrected chi connectivity index (χ0v) is 24.1. The maximum absolute atomic E-state index is 12.2. The lowest BCUT2D eigenvalue weighted by molar-refractivity contribution is -0.245. The van der Waals surface area contributed by atoms with Crippen LogP contribution in [0, 0.1) is 0 Å². The number of rotatable bonds is 12. The Balaban J connectivity index is 1.45. The van der Waals surface area contributed by atoms with E-state index in [1.165, 1.54) is 6.92 Å². The number of carbonyl (C=O) groups excluding carboxylic acids is 2. The molecule has 218 valence electrons. The van der Waals surface area contributed by atoms with Gasteiger partial charge in [0.05, 0.1) is 25.4 Å². The quantitative estimate of drug-likeness (QED) is 0.209. The van der Waals surface area contributed by atoms with Gasteiger partial charge in [0.25, 0.3) is 5.91 Å². The number of aliphatic hydroxyl groups excluding tert-OH is 2. The number of benzene rings is 3. The molecule has 1 saturated heterocycles. The summed E-state index contributed by atoms with van der Waals surface area (Å²) in [5.74, 6) is 0.569. The van der Waals surface area contributed by atoms with E-state index < -0.39 is 18.4 Å². The highest BCUT2D eigenvalue weighted by Crippen LogP contribution is 2.39. The largest absolute Gasteiger partial charge is 0.453 e. The molecule has 9 heteroatoms. The number of esters is 1. The summed E-state index contributed by atoms with van der Waals surface area (Å²) in [5, 5.41) is 21.4. The molecule has 3 aromatic carbocycles. The Morgan fingerprint density at radius 2 is 1.71 bits per heavy atom. The summed E-state index contributed by atoms with van der Waals surface area (Å²) in [4.78, 5) is 23.3. The molecule has 0 spiro atoms. The van der Waals surface area contributed by atoms with Crippen molar-refractivity contribution in [2.45, 2.75) is 58.0 Å². The zero-order valence-electron chi connectivity index (χ0n) is 23.3. The number of hydrogen-bond donors (Lipinski definition) is 3. The number of carbonyl (C=O) groups is 2. The van der Waals surface area contributed by atoms with Gasteiger partial charge in [-0.15, -0.1) is 0 Å². The van der Waals surface area contributed by atoms with Gasteiger partial charge in [0.1, 0.15) is 0 Å². The third-order valence-corrected chi connectivity index (χ3v) is 7.85. The fraction of sp³-hybridized carbons (Fsp3) is 0.375. The molecule has 0 saturated carbocycles. The molecule has 4 unspecified atom stereocenters. The summed E-state index contributed by atoms with van der Waals surface area (Å²) < 4.78 is 17.7. The van der Waals surface area contributed by atoms with E-state index in [1.807, 2.05) is 72.8 Å². The second-order valence-corrected chi connectivity index (χ2v) is 11.1. The lowest BCUT2D eigenvalue weighted by Crippen LogP contribution is -2.35. The van der Waals surface area contributed by atoms with Crippen molar-refractivity contribution in [3.05, 3.63) is 95.1 Å². The van der Waals surface area contributed by atoms with Gasteiger partial charge in [-0.2, -0.15) is 11.8 Å². The summed E-state index contributed by atoms with van der Waals surface area (Å²) in [7, 11) is 0. The Morgan fingerprint density at radius 3 is 2.39 bits per heavy atom. The number of hydrogen-bond acceptors (Lipinski definition) is 8. The van der Waals surface area contributed by atoms with Crippen LogP contribution in [0.25, 0.3) is 11.1 Å². The van der Waals surface area contributed by atoms with E-state index in [0.717, 1.165) is 39.1 Å². The molecule has 3 aromatic rings. The number of amides is 1. The molecule has 1 heterocycles. The fourth-order valence-electron chi connectivity index (χ4n) is 4.63. The Kier molecular flexibility index (Phi) is 11.4. The van der Waals surface area contributed by atoms with Crippen LogP contribution in [-0.4, -0.2) is 52.4 Å². The summed E-state index contributed by atoms with van der Waals surface area (Å²) in [6, 6.07) is 23.8. The lowest BCUT2D eigenvalue weighted by atomic mass is 9.99. The van der Waals surface area contributed by atoms with Gasteiger partial charge < -0.3 is 29.7 Å². The lowest BCUT2D eigenvalue weighted by Gasteiger charge is -2.36. The molecule has 4 rings (SSSR count). The predicted octanol–water partition coefficient (Wildman–Crippen LogP) is 4.68. The topological polar surface area (TPSA) is 114 Å². The average Bonchev–Trinajstić information content (AvgIpc) is 3.00. The molecule has 3 N–H and O–H groups in total.